The van der Waals surface area contributed by atoms with Crippen molar-refractivity contribution in [2.45, 2.75) is 13.3 Å². The number of amides is 1. The van der Waals surface area contributed by atoms with Crippen molar-refractivity contribution in [2.24, 2.45) is 5.92 Å². The summed E-state index contributed by atoms with van der Waals surface area (Å²) in [6.45, 7) is 2.72. The number of Topliss-reactive ketones (excluding diaryl/α,β-unsaturated/α-hetero) is 1. The van der Waals surface area contributed by atoms with Crippen LogP contribution in [0.15, 0.2) is 46.9 Å². The maximum atomic E-state index is 12.4. The van der Waals surface area contributed by atoms with Gasteiger partial charge in [0.1, 0.15) is 11.5 Å². The molecule has 2 heterocycles. The quantitative estimate of drug-likeness (QED) is 0.873. The summed E-state index contributed by atoms with van der Waals surface area (Å²) in [5, 5.41) is 0. The molecule has 3 rings (SSSR count). The SMILES string of the molecule is CC1CN(C(=O)c2ccc(Oc3ccccc3)o2)CCC1=O. The third-order valence-corrected chi connectivity index (χ3v) is 3.71. The Hall–Kier alpha value is -2.56. The van der Waals surface area contributed by atoms with Crippen molar-refractivity contribution in [3.05, 3.63) is 48.2 Å². The lowest BCUT2D eigenvalue weighted by Crippen LogP contribution is -2.43. The number of rotatable bonds is 3. The summed E-state index contributed by atoms with van der Waals surface area (Å²) in [5.41, 5.74) is 0. The van der Waals surface area contributed by atoms with Crippen LogP contribution in [0, 0.1) is 5.92 Å². The fourth-order valence-corrected chi connectivity index (χ4v) is 2.45. The first kappa shape index (κ1) is 14.4. The van der Waals surface area contributed by atoms with Crippen LogP contribution in [0.3, 0.4) is 0 Å². The molecule has 1 amide bonds. The molecule has 0 N–H and O–H groups in total. The van der Waals surface area contributed by atoms with E-state index in [-0.39, 0.29) is 29.3 Å². The predicted molar refractivity (Wildman–Crippen MR) is 79.9 cm³/mol. The highest BCUT2D eigenvalue weighted by Gasteiger charge is 2.28. The molecule has 5 nitrogen and oxygen atoms in total. The van der Waals surface area contributed by atoms with E-state index in [1.807, 2.05) is 37.3 Å². The van der Waals surface area contributed by atoms with Crippen LogP contribution in [0.1, 0.15) is 23.9 Å². The van der Waals surface area contributed by atoms with Crippen molar-refractivity contribution in [2.75, 3.05) is 13.1 Å². The van der Waals surface area contributed by atoms with Gasteiger partial charge in [-0.15, -0.1) is 0 Å². The van der Waals surface area contributed by atoms with E-state index in [1.54, 1.807) is 17.0 Å². The molecular weight excluding hydrogens is 282 g/mol. The first-order valence-electron chi connectivity index (χ1n) is 7.28. The summed E-state index contributed by atoms with van der Waals surface area (Å²) in [4.78, 5) is 25.6. The van der Waals surface area contributed by atoms with Crippen LogP contribution >= 0.6 is 0 Å². The molecule has 2 aromatic rings. The van der Waals surface area contributed by atoms with Crippen LogP contribution in [0.25, 0.3) is 0 Å². The summed E-state index contributed by atoms with van der Waals surface area (Å²) >= 11 is 0. The van der Waals surface area contributed by atoms with Crippen molar-refractivity contribution in [3.8, 4) is 11.7 Å². The van der Waals surface area contributed by atoms with Gasteiger partial charge in [-0.05, 0) is 18.2 Å². The van der Waals surface area contributed by atoms with Gasteiger partial charge in [0, 0.05) is 31.5 Å². The average Bonchev–Trinajstić information content (AvgIpc) is 2.99. The smallest absolute Gasteiger partial charge is 0.290 e. The molecule has 0 spiro atoms. The lowest BCUT2D eigenvalue weighted by Gasteiger charge is -2.29. The highest BCUT2D eigenvalue weighted by atomic mass is 16.6. The Morgan fingerprint density at radius 2 is 2.00 bits per heavy atom. The van der Waals surface area contributed by atoms with Gasteiger partial charge >= 0.3 is 0 Å². The van der Waals surface area contributed by atoms with Crippen molar-refractivity contribution < 1.29 is 18.7 Å². The second-order valence-corrected chi connectivity index (χ2v) is 5.40. The van der Waals surface area contributed by atoms with Gasteiger partial charge in [0.25, 0.3) is 11.9 Å². The Balaban J connectivity index is 1.68. The zero-order valence-corrected chi connectivity index (χ0v) is 12.3. The molecule has 0 bridgehead atoms. The van der Waals surface area contributed by atoms with Gasteiger partial charge in [0.05, 0.1) is 0 Å². The van der Waals surface area contributed by atoms with E-state index in [2.05, 4.69) is 0 Å². The van der Waals surface area contributed by atoms with Gasteiger partial charge in [-0.1, -0.05) is 25.1 Å². The topological polar surface area (TPSA) is 59.8 Å². The number of benzene rings is 1. The van der Waals surface area contributed by atoms with Crippen LogP contribution in [-0.4, -0.2) is 29.7 Å². The number of para-hydroxylation sites is 1. The molecule has 0 aliphatic carbocycles. The Labute approximate surface area is 128 Å². The second-order valence-electron chi connectivity index (χ2n) is 5.40. The number of ether oxygens (including phenoxy) is 1. The van der Waals surface area contributed by atoms with Gasteiger partial charge in [0.15, 0.2) is 5.76 Å². The molecule has 0 saturated carbocycles. The number of ketones is 1. The summed E-state index contributed by atoms with van der Waals surface area (Å²) < 4.78 is 11.0. The summed E-state index contributed by atoms with van der Waals surface area (Å²) in [6, 6.07) is 12.4. The zero-order chi connectivity index (χ0) is 15.5. The van der Waals surface area contributed by atoms with Crippen molar-refractivity contribution in [1.82, 2.24) is 4.90 Å². The minimum atomic E-state index is -0.206. The van der Waals surface area contributed by atoms with Crippen molar-refractivity contribution >= 4 is 11.7 Å². The molecule has 1 atom stereocenters. The average molecular weight is 299 g/mol. The van der Waals surface area contributed by atoms with Crippen molar-refractivity contribution in [1.29, 1.82) is 0 Å². The minimum absolute atomic E-state index is 0.118. The third kappa shape index (κ3) is 3.03. The predicted octanol–water partition coefficient (Wildman–Crippen LogP) is 3.12. The van der Waals surface area contributed by atoms with Crippen LogP contribution in [0.4, 0.5) is 0 Å². The van der Waals surface area contributed by atoms with E-state index in [0.29, 0.717) is 25.3 Å². The number of hydrogen-bond donors (Lipinski definition) is 0. The maximum absolute atomic E-state index is 12.4. The summed E-state index contributed by atoms with van der Waals surface area (Å²) in [5.74, 6) is 1.03. The Kier molecular flexibility index (Phi) is 3.96. The van der Waals surface area contributed by atoms with E-state index in [9.17, 15) is 9.59 Å². The molecule has 1 aliphatic rings. The van der Waals surface area contributed by atoms with Crippen LogP contribution in [0.5, 0.6) is 11.7 Å². The molecule has 0 radical (unpaired) electrons. The molecule has 1 aromatic heterocycles. The standard InChI is InChI=1S/C17H17NO4/c1-12-11-18(10-9-14(12)19)17(20)15-7-8-16(22-15)21-13-5-3-2-4-6-13/h2-8,12H,9-11H2,1H3. The number of hydrogen-bond acceptors (Lipinski definition) is 4. The number of piperidine rings is 1. The number of furan rings is 1. The van der Waals surface area contributed by atoms with Gasteiger partial charge < -0.3 is 14.1 Å². The Morgan fingerprint density at radius 1 is 1.23 bits per heavy atom. The Morgan fingerprint density at radius 3 is 2.73 bits per heavy atom. The first-order chi connectivity index (χ1) is 10.6. The van der Waals surface area contributed by atoms with Gasteiger partial charge in [-0.2, -0.15) is 0 Å². The highest BCUT2D eigenvalue weighted by Crippen LogP contribution is 2.25. The number of carbonyl (C=O) groups is 2. The van der Waals surface area contributed by atoms with E-state index in [1.165, 1.54) is 0 Å². The monoisotopic (exact) mass is 299 g/mol. The Bertz CT molecular complexity index is 677. The fraction of sp³-hybridized carbons (Fsp3) is 0.294. The first-order valence-corrected chi connectivity index (χ1v) is 7.28. The summed E-state index contributed by atoms with van der Waals surface area (Å²) in [7, 11) is 0. The second kappa shape index (κ2) is 6.05. The fourth-order valence-electron chi connectivity index (χ4n) is 2.45. The molecule has 1 aromatic carbocycles. The molecule has 1 saturated heterocycles. The van der Waals surface area contributed by atoms with Gasteiger partial charge in [-0.25, -0.2) is 0 Å². The number of likely N-dealkylation sites (tertiary alicyclic amines) is 1. The molecule has 114 valence electrons. The minimum Gasteiger partial charge on any atom is -0.426 e. The molecular formula is C17H17NO4. The summed E-state index contributed by atoms with van der Waals surface area (Å²) in [6.07, 6.45) is 0.404. The largest absolute Gasteiger partial charge is 0.426 e. The van der Waals surface area contributed by atoms with E-state index in [0.717, 1.165) is 0 Å². The maximum Gasteiger partial charge on any atom is 0.290 e. The molecule has 1 aliphatic heterocycles. The van der Waals surface area contributed by atoms with Crippen LogP contribution in [0.2, 0.25) is 0 Å². The van der Waals surface area contributed by atoms with E-state index in [4.69, 9.17) is 9.15 Å². The lowest BCUT2D eigenvalue weighted by atomic mass is 9.98. The molecule has 1 fully saturated rings. The molecule has 22 heavy (non-hydrogen) atoms. The highest BCUT2D eigenvalue weighted by molar-refractivity contribution is 5.93. The van der Waals surface area contributed by atoms with Crippen LogP contribution in [-0.2, 0) is 4.79 Å². The zero-order valence-electron chi connectivity index (χ0n) is 12.3. The van der Waals surface area contributed by atoms with Gasteiger partial charge in [-0.3, -0.25) is 9.59 Å². The number of nitrogens with zero attached hydrogens (tertiary/aromatic N) is 1. The van der Waals surface area contributed by atoms with E-state index < -0.39 is 0 Å². The third-order valence-electron chi connectivity index (χ3n) is 3.71. The van der Waals surface area contributed by atoms with Gasteiger partial charge in [0.2, 0.25) is 0 Å². The lowest BCUT2D eigenvalue weighted by molar-refractivity contribution is -0.124. The molecule has 1 unspecified atom stereocenters. The molecule has 5 heteroatoms. The normalized spacial score (nSPS) is 18.3. The van der Waals surface area contributed by atoms with E-state index >= 15 is 0 Å². The number of carbonyl (C=O) groups excluding carboxylic acids is 2. The van der Waals surface area contributed by atoms with Crippen LogP contribution < -0.4 is 4.74 Å². The van der Waals surface area contributed by atoms with Crippen molar-refractivity contribution in [3.63, 3.8) is 0 Å².